The Morgan fingerprint density at radius 3 is 2.35 bits per heavy atom. The van der Waals surface area contributed by atoms with Gasteiger partial charge in [-0.2, -0.15) is 0 Å². The fourth-order valence-corrected chi connectivity index (χ4v) is 3.06. The van der Waals surface area contributed by atoms with Crippen LogP contribution in [-0.2, 0) is 9.59 Å². The highest BCUT2D eigenvalue weighted by atomic mass is 32.1. The lowest BCUT2D eigenvalue weighted by Gasteiger charge is -2.28. The number of nitrogens with zero attached hydrogens (tertiary/aromatic N) is 2. The van der Waals surface area contributed by atoms with E-state index in [-0.39, 0.29) is 0 Å². The average molecular weight is 330 g/mol. The monoisotopic (exact) mass is 330 g/mol. The molecule has 0 aliphatic carbocycles. The standard InChI is InChI=1S/C16H18N4O2S/c21-14(15(22)19-16-17-8-11-23-16)18-12-4-6-13(7-5-12)20-9-2-1-3-10-20/h4-8,11H,1-3,9-10H2,(H,18,21)(H,17,19,22). The first kappa shape index (κ1) is 15.5. The molecule has 0 radical (unpaired) electrons. The summed E-state index contributed by atoms with van der Waals surface area (Å²) in [6.45, 7) is 2.14. The zero-order valence-corrected chi connectivity index (χ0v) is 13.4. The molecule has 120 valence electrons. The smallest absolute Gasteiger partial charge is 0.315 e. The third-order valence-corrected chi connectivity index (χ3v) is 4.39. The van der Waals surface area contributed by atoms with Gasteiger partial charge in [-0.1, -0.05) is 0 Å². The lowest BCUT2D eigenvalue weighted by Crippen LogP contribution is -2.30. The van der Waals surface area contributed by atoms with Crippen molar-refractivity contribution in [2.24, 2.45) is 0 Å². The summed E-state index contributed by atoms with van der Waals surface area (Å²) in [4.78, 5) is 29.9. The molecule has 2 N–H and O–H groups in total. The Hall–Kier alpha value is -2.41. The Morgan fingerprint density at radius 1 is 1.00 bits per heavy atom. The maximum atomic E-state index is 11.9. The molecule has 0 spiro atoms. The average Bonchev–Trinajstić information content (AvgIpc) is 3.09. The second-order valence-corrected chi connectivity index (χ2v) is 6.23. The molecule has 2 aromatic rings. The van der Waals surface area contributed by atoms with E-state index in [0.717, 1.165) is 18.8 Å². The molecule has 1 aliphatic heterocycles. The largest absolute Gasteiger partial charge is 0.372 e. The van der Waals surface area contributed by atoms with Crippen LogP contribution >= 0.6 is 11.3 Å². The van der Waals surface area contributed by atoms with Crippen LogP contribution < -0.4 is 15.5 Å². The van der Waals surface area contributed by atoms with Crippen LogP contribution in [0.3, 0.4) is 0 Å². The van der Waals surface area contributed by atoms with Crippen LogP contribution in [0.15, 0.2) is 35.8 Å². The van der Waals surface area contributed by atoms with Gasteiger partial charge in [0.2, 0.25) is 0 Å². The minimum atomic E-state index is -0.722. The molecule has 0 atom stereocenters. The number of carbonyl (C=O) groups excluding carboxylic acids is 2. The summed E-state index contributed by atoms with van der Waals surface area (Å²) >= 11 is 1.26. The van der Waals surface area contributed by atoms with E-state index in [0.29, 0.717) is 10.8 Å². The van der Waals surface area contributed by atoms with E-state index >= 15 is 0 Å². The van der Waals surface area contributed by atoms with Crippen LogP contribution in [0.5, 0.6) is 0 Å². The van der Waals surface area contributed by atoms with Crippen LogP contribution in [0.2, 0.25) is 0 Å². The number of piperidine rings is 1. The number of carbonyl (C=O) groups is 2. The van der Waals surface area contributed by atoms with Gasteiger partial charge in [-0.15, -0.1) is 11.3 Å². The van der Waals surface area contributed by atoms with E-state index in [4.69, 9.17) is 0 Å². The van der Waals surface area contributed by atoms with Gasteiger partial charge >= 0.3 is 11.8 Å². The summed E-state index contributed by atoms with van der Waals surface area (Å²) in [5, 5.41) is 7.18. The number of aromatic nitrogens is 1. The topological polar surface area (TPSA) is 74.3 Å². The van der Waals surface area contributed by atoms with Crippen molar-refractivity contribution in [2.75, 3.05) is 28.6 Å². The maximum absolute atomic E-state index is 11.9. The lowest BCUT2D eigenvalue weighted by atomic mass is 10.1. The number of amides is 2. The first-order valence-electron chi connectivity index (χ1n) is 7.59. The number of rotatable bonds is 3. The van der Waals surface area contributed by atoms with Gasteiger partial charge < -0.3 is 10.2 Å². The molecule has 1 aromatic carbocycles. The predicted molar refractivity (Wildman–Crippen MR) is 91.9 cm³/mol. The summed E-state index contributed by atoms with van der Waals surface area (Å²) < 4.78 is 0. The fraction of sp³-hybridized carbons (Fsp3) is 0.312. The van der Waals surface area contributed by atoms with E-state index in [1.807, 2.05) is 24.3 Å². The fourth-order valence-electron chi connectivity index (χ4n) is 2.53. The highest BCUT2D eigenvalue weighted by molar-refractivity contribution is 7.13. The second-order valence-electron chi connectivity index (χ2n) is 5.34. The van der Waals surface area contributed by atoms with E-state index in [1.165, 1.54) is 30.6 Å². The Balaban J connectivity index is 1.57. The highest BCUT2D eigenvalue weighted by Gasteiger charge is 2.15. The quantitative estimate of drug-likeness (QED) is 0.849. The van der Waals surface area contributed by atoms with Gasteiger partial charge in [0.15, 0.2) is 5.13 Å². The summed E-state index contributed by atoms with van der Waals surface area (Å²) in [5.74, 6) is -1.43. The molecule has 6 nitrogen and oxygen atoms in total. The van der Waals surface area contributed by atoms with Gasteiger partial charge in [0.05, 0.1) is 0 Å². The third-order valence-electron chi connectivity index (χ3n) is 3.71. The van der Waals surface area contributed by atoms with Crippen LogP contribution in [0.1, 0.15) is 19.3 Å². The van der Waals surface area contributed by atoms with E-state index in [1.54, 1.807) is 11.6 Å². The normalized spacial score (nSPS) is 14.3. The number of hydrogen-bond acceptors (Lipinski definition) is 5. The molecular weight excluding hydrogens is 312 g/mol. The zero-order valence-electron chi connectivity index (χ0n) is 12.6. The Kier molecular flexibility index (Phi) is 4.87. The molecule has 1 aromatic heterocycles. The lowest BCUT2D eigenvalue weighted by molar-refractivity contribution is -0.132. The first-order chi connectivity index (χ1) is 11.2. The molecule has 2 heterocycles. The molecule has 1 aliphatic rings. The summed E-state index contributed by atoms with van der Waals surface area (Å²) in [5.41, 5.74) is 1.75. The van der Waals surface area contributed by atoms with Crippen molar-refractivity contribution < 1.29 is 9.59 Å². The maximum Gasteiger partial charge on any atom is 0.315 e. The minimum absolute atomic E-state index is 0.408. The van der Waals surface area contributed by atoms with Gasteiger partial charge in [-0.05, 0) is 43.5 Å². The van der Waals surface area contributed by atoms with Crippen molar-refractivity contribution in [1.29, 1.82) is 0 Å². The second kappa shape index (κ2) is 7.23. The Labute approximate surface area is 138 Å². The molecular formula is C16H18N4O2S. The van der Waals surface area contributed by atoms with Gasteiger partial charge in [-0.3, -0.25) is 14.9 Å². The van der Waals surface area contributed by atoms with Crippen molar-refractivity contribution >= 4 is 39.7 Å². The van der Waals surface area contributed by atoms with E-state index < -0.39 is 11.8 Å². The molecule has 0 bridgehead atoms. The molecule has 23 heavy (non-hydrogen) atoms. The number of thiazole rings is 1. The number of hydrogen-bond donors (Lipinski definition) is 2. The summed E-state index contributed by atoms with van der Waals surface area (Å²) in [6.07, 6.45) is 5.29. The van der Waals surface area contributed by atoms with E-state index in [2.05, 4.69) is 20.5 Å². The predicted octanol–water partition coefficient (Wildman–Crippen LogP) is 2.71. The summed E-state index contributed by atoms with van der Waals surface area (Å²) in [6, 6.07) is 7.58. The molecule has 0 saturated carbocycles. The van der Waals surface area contributed by atoms with Crippen molar-refractivity contribution in [3.8, 4) is 0 Å². The van der Waals surface area contributed by atoms with Crippen LogP contribution in [-0.4, -0.2) is 29.9 Å². The van der Waals surface area contributed by atoms with Crippen LogP contribution in [0.4, 0.5) is 16.5 Å². The summed E-state index contributed by atoms with van der Waals surface area (Å²) in [7, 11) is 0. The highest BCUT2D eigenvalue weighted by Crippen LogP contribution is 2.21. The molecule has 0 unspecified atom stereocenters. The van der Waals surface area contributed by atoms with E-state index in [9.17, 15) is 9.59 Å². The van der Waals surface area contributed by atoms with Gasteiger partial charge in [0.25, 0.3) is 0 Å². The number of benzene rings is 1. The molecule has 7 heteroatoms. The Bertz CT molecular complexity index is 664. The molecule has 3 rings (SSSR count). The SMILES string of the molecule is O=C(Nc1ccc(N2CCCCC2)cc1)C(=O)Nc1nccs1. The zero-order chi connectivity index (χ0) is 16.1. The molecule has 1 saturated heterocycles. The van der Waals surface area contributed by atoms with Crippen LogP contribution in [0, 0.1) is 0 Å². The van der Waals surface area contributed by atoms with Crippen molar-refractivity contribution in [3.63, 3.8) is 0 Å². The Morgan fingerprint density at radius 2 is 1.70 bits per heavy atom. The van der Waals surface area contributed by atoms with Gasteiger partial charge in [-0.25, -0.2) is 4.98 Å². The third kappa shape index (κ3) is 4.07. The van der Waals surface area contributed by atoms with Gasteiger partial charge in [0.1, 0.15) is 0 Å². The first-order valence-corrected chi connectivity index (χ1v) is 8.47. The van der Waals surface area contributed by atoms with Crippen LogP contribution in [0.25, 0.3) is 0 Å². The van der Waals surface area contributed by atoms with Gasteiger partial charge in [0, 0.05) is 36.0 Å². The number of nitrogens with one attached hydrogen (secondary N) is 2. The molecule has 1 fully saturated rings. The molecule has 2 amide bonds. The van der Waals surface area contributed by atoms with Crippen molar-refractivity contribution in [2.45, 2.75) is 19.3 Å². The minimum Gasteiger partial charge on any atom is -0.372 e. The number of anilines is 3. The van der Waals surface area contributed by atoms with Crippen molar-refractivity contribution in [3.05, 3.63) is 35.8 Å². The van der Waals surface area contributed by atoms with Crippen molar-refractivity contribution in [1.82, 2.24) is 4.98 Å².